The minimum absolute atomic E-state index is 0.102. The van der Waals surface area contributed by atoms with Gasteiger partial charge in [0.15, 0.2) is 6.10 Å². The van der Waals surface area contributed by atoms with Gasteiger partial charge in [0.1, 0.15) is 13.2 Å². The maximum atomic E-state index is 12.9. The first-order chi connectivity index (χ1) is 40.0. The third-order valence-corrected chi connectivity index (χ3v) is 13.5. The molecule has 0 aromatic rings. The van der Waals surface area contributed by atoms with Gasteiger partial charge in [-0.1, -0.05) is 269 Å². The van der Waals surface area contributed by atoms with Gasteiger partial charge in [-0.2, -0.15) is 0 Å². The van der Waals surface area contributed by atoms with Crippen LogP contribution in [0.2, 0.25) is 0 Å². The lowest BCUT2D eigenvalue weighted by molar-refractivity contribution is -0.167. The molecule has 0 amide bonds. The van der Waals surface area contributed by atoms with Crippen LogP contribution in [0.4, 0.5) is 0 Å². The Bertz CT molecular complexity index is 1810. The molecule has 0 aliphatic heterocycles. The number of hydrogen-bond donors (Lipinski definition) is 0. The van der Waals surface area contributed by atoms with E-state index in [-0.39, 0.29) is 31.1 Å². The lowest BCUT2D eigenvalue weighted by Gasteiger charge is -2.18. The molecule has 81 heavy (non-hydrogen) atoms. The molecular formula is C75H120O6. The molecule has 0 aliphatic rings. The van der Waals surface area contributed by atoms with Gasteiger partial charge in [0.25, 0.3) is 0 Å². The lowest BCUT2D eigenvalue weighted by Crippen LogP contribution is -2.30. The summed E-state index contributed by atoms with van der Waals surface area (Å²) in [5, 5.41) is 0. The van der Waals surface area contributed by atoms with Crippen molar-refractivity contribution in [1.82, 2.24) is 0 Å². The van der Waals surface area contributed by atoms with Gasteiger partial charge in [0.2, 0.25) is 0 Å². The quantitative estimate of drug-likeness (QED) is 0.0261. The van der Waals surface area contributed by atoms with Crippen LogP contribution >= 0.6 is 0 Å². The number of carbonyl (C=O) groups excluding carboxylic acids is 3. The third-order valence-electron chi connectivity index (χ3n) is 13.5. The van der Waals surface area contributed by atoms with Crippen molar-refractivity contribution in [2.45, 2.75) is 284 Å². The summed E-state index contributed by atoms with van der Waals surface area (Å²) in [5.41, 5.74) is 0. The van der Waals surface area contributed by atoms with Gasteiger partial charge in [0.05, 0.1) is 0 Å². The first-order valence-corrected chi connectivity index (χ1v) is 33.0. The zero-order valence-corrected chi connectivity index (χ0v) is 52.2. The highest BCUT2D eigenvalue weighted by Crippen LogP contribution is 2.14. The number of ether oxygens (including phenoxy) is 3. The molecule has 1 atom stereocenters. The van der Waals surface area contributed by atoms with E-state index in [9.17, 15) is 14.4 Å². The molecule has 0 radical (unpaired) electrons. The highest BCUT2D eigenvalue weighted by Gasteiger charge is 2.19. The van der Waals surface area contributed by atoms with Gasteiger partial charge in [-0.15, -0.1) is 0 Å². The third kappa shape index (κ3) is 65.7. The van der Waals surface area contributed by atoms with Crippen molar-refractivity contribution >= 4 is 17.9 Å². The Labute approximate surface area is 499 Å². The summed E-state index contributed by atoms with van der Waals surface area (Å²) >= 11 is 0. The van der Waals surface area contributed by atoms with Gasteiger partial charge >= 0.3 is 17.9 Å². The van der Waals surface area contributed by atoms with Crippen LogP contribution in [-0.4, -0.2) is 37.2 Å². The molecule has 6 heteroatoms. The van der Waals surface area contributed by atoms with Crippen molar-refractivity contribution in [3.05, 3.63) is 158 Å². The maximum absolute atomic E-state index is 12.9. The number of hydrogen-bond acceptors (Lipinski definition) is 6. The predicted octanol–water partition coefficient (Wildman–Crippen LogP) is 22.9. The molecule has 0 aliphatic carbocycles. The fourth-order valence-electron chi connectivity index (χ4n) is 8.62. The number of rotatable bonds is 58. The molecule has 0 N–H and O–H groups in total. The molecule has 0 saturated heterocycles. The predicted molar refractivity (Wildman–Crippen MR) is 352 cm³/mol. The molecule has 0 heterocycles. The number of allylic oxidation sites excluding steroid dienone is 26. The van der Waals surface area contributed by atoms with E-state index in [4.69, 9.17) is 14.2 Å². The van der Waals surface area contributed by atoms with Crippen molar-refractivity contribution in [3.63, 3.8) is 0 Å². The molecule has 0 aromatic carbocycles. The van der Waals surface area contributed by atoms with Crippen molar-refractivity contribution in [2.75, 3.05) is 13.2 Å². The Morgan fingerprint density at radius 2 is 0.481 bits per heavy atom. The first-order valence-electron chi connectivity index (χ1n) is 33.0. The highest BCUT2D eigenvalue weighted by atomic mass is 16.6. The second kappa shape index (κ2) is 67.5. The molecule has 0 rings (SSSR count). The standard InChI is InChI=1S/C75H120O6/c1-4-7-10-13-16-19-22-25-28-31-34-35-36-37-38-39-42-44-47-50-53-56-59-62-65-68-74(77)80-71-72(81-75(78)69-66-63-60-57-54-51-48-45-41-33-30-27-24-21-18-15-12-9-6-3)70-79-73(76)67-64-61-58-55-52-49-46-43-40-32-29-26-23-20-17-14-11-8-5-2/h7,9-10,12,16-21,25-30,34-35,37-38,40-45,72H,4-6,8,11,13-15,22-24,31-33,36,39,46-71H2,1-3H3/b10-7-,12-9-,19-16-,20-17-,21-18-,28-25-,29-26-,30-27-,35-34-,38-37-,43-40-,44-42-,45-41-. The average molecular weight is 1120 g/mol. The Kier molecular flexibility index (Phi) is 63.4. The SMILES string of the molecule is CC/C=C\C/C=C\C/C=C\C/C=C\C/C=C\C/C=C\CCCCCCCCC(=O)OCC(COC(=O)CCCCCCCC/C=C\C/C=C\C/C=C\CCCCC)OC(=O)CCCCCCCC/C=C\C/C=C\C/C=C\C/C=C\CC. The Hall–Kier alpha value is -4.97. The minimum Gasteiger partial charge on any atom is -0.462 e. The van der Waals surface area contributed by atoms with E-state index < -0.39 is 6.10 Å². The molecule has 0 saturated carbocycles. The Balaban J connectivity index is 4.49. The van der Waals surface area contributed by atoms with Crippen molar-refractivity contribution in [3.8, 4) is 0 Å². The molecule has 6 nitrogen and oxygen atoms in total. The van der Waals surface area contributed by atoms with E-state index in [2.05, 4.69) is 179 Å². The normalized spacial score (nSPS) is 13.2. The van der Waals surface area contributed by atoms with E-state index in [1.807, 2.05) is 0 Å². The first kappa shape index (κ1) is 76.0. The van der Waals surface area contributed by atoms with Crippen LogP contribution in [0.25, 0.3) is 0 Å². The highest BCUT2D eigenvalue weighted by molar-refractivity contribution is 5.71. The molecule has 0 aromatic heterocycles. The number of esters is 3. The topological polar surface area (TPSA) is 78.9 Å². The van der Waals surface area contributed by atoms with Crippen LogP contribution in [0.15, 0.2) is 158 Å². The van der Waals surface area contributed by atoms with Crippen molar-refractivity contribution < 1.29 is 28.6 Å². The summed E-state index contributed by atoms with van der Waals surface area (Å²) in [6, 6.07) is 0. The van der Waals surface area contributed by atoms with E-state index >= 15 is 0 Å². The van der Waals surface area contributed by atoms with Gasteiger partial charge in [0, 0.05) is 19.3 Å². The van der Waals surface area contributed by atoms with Crippen LogP contribution in [-0.2, 0) is 28.6 Å². The van der Waals surface area contributed by atoms with E-state index in [1.54, 1.807) is 0 Å². The van der Waals surface area contributed by atoms with E-state index in [1.165, 1.54) is 64.2 Å². The largest absolute Gasteiger partial charge is 0.462 e. The summed E-state index contributed by atoms with van der Waals surface area (Å²) in [4.78, 5) is 38.4. The summed E-state index contributed by atoms with van der Waals surface area (Å²) in [6.45, 7) is 6.36. The summed E-state index contributed by atoms with van der Waals surface area (Å²) in [6.07, 6.45) is 98.1. The average Bonchev–Trinajstić information content (AvgIpc) is 3.47. The van der Waals surface area contributed by atoms with Crippen LogP contribution in [0.5, 0.6) is 0 Å². The molecule has 0 bridgehead atoms. The second-order valence-electron chi connectivity index (χ2n) is 21.3. The zero-order chi connectivity index (χ0) is 58.5. The Morgan fingerprint density at radius 1 is 0.259 bits per heavy atom. The van der Waals surface area contributed by atoms with E-state index in [0.717, 1.165) is 173 Å². The van der Waals surface area contributed by atoms with Gasteiger partial charge in [-0.25, -0.2) is 0 Å². The monoisotopic (exact) mass is 1120 g/mol. The fraction of sp³-hybridized carbons (Fsp3) is 0.613. The van der Waals surface area contributed by atoms with Crippen LogP contribution in [0.1, 0.15) is 278 Å². The smallest absolute Gasteiger partial charge is 0.306 e. The molecular weight excluding hydrogens is 997 g/mol. The van der Waals surface area contributed by atoms with Crippen LogP contribution in [0, 0.1) is 0 Å². The van der Waals surface area contributed by atoms with Gasteiger partial charge < -0.3 is 14.2 Å². The molecule has 456 valence electrons. The van der Waals surface area contributed by atoms with Crippen LogP contribution in [0.3, 0.4) is 0 Å². The summed E-state index contributed by atoms with van der Waals surface area (Å²) < 4.78 is 16.9. The Morgan fingerprint density at radius 3 is 0.753 bits per heavy atom. The number of unbranched alkanes of at least 4 members (excludes halogenated alkanes) is 21. The molecule has 1 unspecified atom stereocenters. The van der Waals surface area contributed by atoms with Crippen molar-refractivity contribution in [2.24, 2.45) is 0 Å². The minimum atomic E-state index is -0.808. The summed E-state index contributed by atoms with van der Waals surface area (Å²) in [7, 11) is 0. The van der Waals surface area contributed by atoms with Crippen LogP contribution < -0.4 is 0 Å². The van der Waals surface area contributed by atoms with E-state index in [0.29, 0.717) is 19.3 Å². The lowest BCUT2D eigenvalue weighted by atomic mass is 10.1. The second-order valence-corrected chi connectivity index (χ2v) is 21.3. The molecule has 0 fully saturated rings. The number of carbonyl (C=O) groups is 3. The zero-order valence-electron chi connectivity index (χ0n) is 52.2. The molecule has 0 spiro atoms. The summed E-state index contributed by atoms with van der Waals surface area (Å²) in [5.74, 6) is -0.943. The van der Waals surface area contributed by atoms with Gasteiger partial charge in [-0.3, -0.25) is 14.4 Å². The fourth-order valence-corrected chi connectivity index (χ4v) is 8.62. The van der Waals surface area contributed by atoms with Gasteiger partial charge in [-0.05, 0) is 148 Å². The van der Waals surface area contributed by atoms with Crippen molar-refractivity contribution in [1.29, 1.82) is 0 Å². The maximum Gasteiger partial charge on any atom is 0.306 e.